The minimum atomic E-state index is -0.246. The number of nitrogens with zero attached hydrogens (tertiary/aromatic N) is 6. The van der Waals surface area contributed by atoms with Crippen LogP contribution in [0.2, 0.25) is 0 Å². The van der Waals surface area contributed by atoms with E-state index in [0.717, 1.165) is 54.8 Å². The summed E-state index contributed by atoms with van der Waals surface area (Å²) in [6, 6.07) is 12.4. The zero-order valence-electron chi connectivity index (χ0n) is 18.4. The molecule has 170 valence electrons. The third-order valence-electron chi connectivity index (χ3n) is 6.54. The van der Waals surface area contributed by atoms with E-state index in [1.165, 1.54) is 0 Å². The van der Waals surface area contributed by atoms with Crippen LogP contribution in [-0.2, 0) is 4.79 Å². The molecule has 3 heterocycles. The highest BCUT2D eigenvalue weighted by molar-refractivity contribution is 5.94. The maximum Gasteiger partial charge on any atom is 0.236 e. The molecule has 0 bridgehead atoms. The number of anilines is 2. The lowest BCUT2D eigenvalue weighted by Crippen LogP contribution is -2.48. The molecule has 2 fully saturated rings. The minimum Gasteiger partial charge on any atom is -0.393 e. The number of hydrogen-bond donors (Lipinski definition) is 2. The fraction of sp³-hybridized carbons (Fsp3) is 0.417. The first-order chi connectivity index (χ1) is 16.1. The fourth-order valence-corrected chi connectivity index (χ4v) is 4.83. The Hall–Kier alpha value is -3.64. The van der Waals surface area contributed by atoms with Crippen LogP contribution in [0.15, 0.2) is 42.7 Å². The molecule has 0 unspecified atom stereocenters. The quantitative estimate of drug-likeness (QED) is 0.620. The first-order valence-corrected chi connectivity index (χ1v) is 11.4. The number of hydrogen-bond acceptors (Lipinski definition) is 7. The van der Waals surface area contributed by atoms with E-state index in [-0.39, 0.29) is 24.5 Å². The zero-order chi connectivity index (χ0) is 22.8. The van der Waals surface area contributed by atoms with Gasteiger partial charge in [-0.2, -0.15) is 10.2 Å². The second-order valence-corrected chi connectivity index (χ2v) is 8.64. The zero-order valence-corrected chi connectivity index (χ0v) is 18.4. The van der Waals surface area contributed by atoms with Gasteiger partial charge in [-0.15, -0.1) is 0 Å². The van der Waals surface area contributed by atoms with E-state index in [2.05, 4.69) is 38.0 Å². The van der Waals surface area contributed by atoms with Gasteiger partial charge in [0.25, 0.3) is 0 Å². The Balaban J connectivity index is 1.36. The Labute approximate surface area is 192 Å². The summed E-state index contributed by atoms with van der Waals surface area (Å²) in [5, 5.41) is 23.0. The van der Waals surface area contributed by atoms with Gasteiger partial charge in [0.05, 0.1) is 17.7 Å². The summed E-state index contributed by atoms with van der Waals surface area (Å²) in [5.74, 6) is 1.26. The Morgan fingerprint density at radius 1 is 1.18 bits per heavy atom. The van der Waals surface area contributed by atoms with Crippen molar-refractivity contribution in [1.82, 2.24) is 19.4 Å². The molecular formula is C24H27N7O2. The van der Waals surface area contributed by atoms with Crippen LogP contribution < -0.4 is 10.2 Å². The molecule has 1 amide bonds. The molecule has 1 aliphatic carbocycles. The third-order valence-corrected chi connectivity index (χ3v) is 6.54. The molecule has 2 atom stereocenters. The lowest BCUT2D eigenvalue weighted by molar-refractivity contribution is -0.130. The molecule has 9 heteroatoms. The van der Waals surface area contributed by atoms with E-state index in [9.17, 15) is 9.90 Å². The minimum absolute atomic E-state index is 0.0600. The molecular weight excluding hydrogens is 418 g/mol. The molecule has 1 saturated heterocycles. The van der Waals surface area contributed by atoms with E-state index < -0.39 is 0 Å². The summed E-state index contributed by atoms with van der Waals surface area (Å²) < 4.78 is 2.06. The van der Waals surface area contributed by atoms with Gasteiger partial charge in [-0.25, -0.2) is 4.98 Å². The first kappa shape index (κ1) is 21.2. The van der Waals surface area contributed by atoms with Crippen LogP contribution >= 0.6 is 0 Å². The number of carbonyl (C=O) groups is 1. The molecule has 1 saturated carbocycles. The van der Waals surface area contributed by atoms with Crippen LogP contribution in [0, 0.1) is 11.3 Å². The predicted molar refractivity (Wildman–Crippen MR) is 125 cm³/mol. The van der Waals surface area contributed by atoms with Gasteiger partial charge in [0.2, 0.25) is 11.9 Å². The molecule has 2 aromatic heterocycles. The van der Waals surface area contributed by atoms with E-state index in [1.54, 1.807) is 11.1 Å². The van der Waals surface area contributed by atoms with Crippen molar-refractivity contribution in [2.24, 2.45) is 0 Å². The number of fused-ring (bicyclic) bond motifs is 1. The van der Waals surface area contributed by atoms with Crippen molar-refractivity contribution in [3.05, 3.63) is 42.7 Å². The number of benzene rings is 1. The normalized spacial score (nSPS) is 20.7. The highest BCUT2D eigenvalue weighted by Crippen LogP contribution is 2.30. The maximum atomic E-state index is 12.0. The van der Waals surface area contributed by atoms with Crippen LogP contribution in [0.5, 0.6) is 0 Å². The van der Waals surface area contributed by atoms with Crippen molar-refractivity contribution in [1.29, 1.82) is 5.26 Å². The fourth-order valence-electron chi connectivity index (χ4n) is 4.83. The number of carbonyl (C=O) groups excluding carboxylic acids is 1. The van der Waals surface area contributed by atoms with Crippen molar-refractivity contribution < 1.29 is 9.90 Å². The van der Waals surface area contributed by atoms with Crippen LogP contribution in [0.3, 0.4) is 0 Å². The number of rotatable bonds is 5. The average molecular weight is 446 g/mol. The molecule has 5 rings (SSSR count). The molecule has 2 N–H and O–H groups in total. The second kappa shape index (κ2) is 9.08. The van der Waals surface area contributed by atoms with Gasteiger partial charge >= 0.3 is 0 Å². The summed E-state index contributed by atoms with van der Waals surface area (Å²) in [6.07, 6.45) is 5.91. The number of aliphatic hydroxyl groups is 1. The summed E-state index contributed by atoms with van der Waals surface area (Å²) in [5.41, 5.74) is 2.18. The van der Waals surface area contributed by atoms with Crippen LogP contribution in [0.1, 0.15) is 25.7 Å². The van der Waals surface area contributed by atoms with Crippen LogP contribution in [0.25, 0.3) is 16.7 Å². The van der Waals surface area contributed by atoms with Gasteiger partial charge in [0.1, 0.15) is 12.2 Å². The van der Waals surface area contributed by atoms with Crippen molar-refractivity contribution >= 4 is 28.4 Å². The monoisotopic (exact) mass is 445 g/mol. The standard InChI is InChI=1S/C24H27N7O2/c25-9-6-23(33)30-14-12-29(13-15-30)20-2-1-3-21-19(20)8-11-31(21)22-7-10-26-24(28-22)27-17-4-5-18(32)16-17/h1-3,7-8,10-11,17-18,32H,4-6,12-16H2,(H,26,27,28)/t17-,18-/m0/s1. The van der Waals surface area contributed by atoms with Crippen molar-refractivity contribution in [2.75, 3.05) is 36.4 Å². The molecule has 0 radical (unpaired) electrons. The first-order valence-electron chi connectivity index (χ1n) is 11.4. The van der Waals surface area contributed by atoms with E-state index in [1.807, 2.05) is 24.4 Å². The molecule has 2 aliphatic rings. The topological polar surface area (TPSA) is 110 Å². The van der Waals surface area contributed by atoms with Gasteiger partial charge in [0, 0.05) is 55.7 Å². The van der Waals surface area contributed by atoms with Gasteiger partial charge in [-0.05, 0) is 43.5 Å². The Morgan fingerprint density at radius 3 is 2.79 bits per heavy atom. The van der Waals surface area contributed by atoms with Crippen molar-refractivity contribution in [2.45, 2.75) is 37.8 Å². The number of aromatic nitrogens is 3. The average Bonchev–Trinajstić information content (AvgIpc) is 3.45. The smallest absolute Gasteiger partial charge is 0.236 e. The number of nitrogens with one attached hydrogen (secondary N) is 1. The van der Waals surface area contributed by atoms with Gasteiger partial charge < -0.3 is 24.8 Å². The molecule has 33 heavy (non-hydrogen) atoms. The Bertz CT molecular complexity index is 1190. The lowest BCUT2D eigenvalue weighted by atomic mass is 10.1. The van der Waals surface area contributed by atoms with Crippen LogP contribution in [-0.4, -0.2) is 68.8 Å². The van der Waals surface area contributed by atoms with Crippen molar-refractivity contribution in [3.63, 3.8) is 0 Å². The molecule has 1 aliphatic heterocycles. The lowest BCUT2D eigenvalue weighted by Gasteiger charge is -2.36. The number of nitriles is 1. The summed E-state index contributed by atoms with van der Waals surface area (Å²) in [7, 11) is 0. The second-order valence-electron chi connectivity index (χ2n) is 8.64. The predicted octanol–water partition coefficient (Wildman–Crippen LogP) is 2.31. The highest BCUT2D eigenvalue weighted by Gasteiger charge is 2.24. The SMILES string of the molecule is N#CCC(=O)N1CCN(c2cccc3c2ccn3-c2ccnc(N[C@H]3CC[C@H](O)C3)n2)CC1. The van der Waals surface area contributed by atoms with Gasteiger partial charge in [-0.1, -0.05) is 6.07 Å². The summed E-state index contributed by atoms with van der Waals surface area (Å²) >= 11 is 0. The van der Waals surface area contributed by atoms with Crippen molar-refractivity contribution in [3.8, 4) is 11.9 Å². The van der Waals surface area contributed by atoms with Crippen LogP contribution in [0.4, 0.5) is 11.6 Å². The number of piperazine rings is 1. The summed E-state index contributed by atoms with van der Waals surface area (Å²) in [4.78, 5) is 25.2. The van der Waals surface area contributed by atoms with Gasteiger partial charge in [0.15, 0.2) is 0 Å². The maximum absolute atomic E-state index is 12.0. The molecule has 3 aromatic rings. The van der Waals surface area contributed by atoms with E-state index in [4.69, 9.17) is 10.2 Å². The van der Waals surface area contributed by atoms with E-state index in [0.29, 0.717) is 19.0 Å². The van der Waals surface area contributed by atoms with E-state index >= 15 is 0 Å². The Kier molecular flexibility index (Phi) is 5.84. The largest absolute Gasteiger partial charge is 0.393 e. The molecule has 0 spiro atoms. The molecule has 1 aromatic carbocycles. The number of aliphatic hydroxyl groups excluding tert-OH is 1. The molecule has 9 nitrogen and oxygen atoms in total. The highest BCUT2D eigenvalue weighted by atomic mass is 16.3. The third kappa shape index (κ3) is 4.34. The number of amides is 1. The Morgan fingerprint density at radius 2 is 2.03 bits per heavy atom. The van der Waals surface area contributed by atoms with Gasteiger partial charge in [-0.3, -0.25) is 4.79 Å². The summed E-state index contributed by atoms with van der Waals surface area (Å²) in [6.45, 7) is 2.70.